The minimum absolute atomic E-state index is 0. The van der Waals surface area contributed by atoms with E-state index in [1.165, 1.54) is 5.56 Å². The van der Waals surface area contributed by atoms with Gasteiger partial charge in [-0.1, -0.05) is 35.9 Å². The van der Waals surface area contributed by atoms with Crippen LogP contribution in [0.5, 0.6) is 0 Å². The molecule has 1 rings (SSSR count). The summed E-state index contributed by atoms with van der Waals surface area (Å²) in [6.07, 6.45) is 0. The van der Waals surface area contributed by atoms with Crippen LogP contribution in [0.25, 0.3) is 0 Å². The van der Waals surface area contributed by atoms with Crippen molar-refractivity contribution in [3.05, 3.63) is 43.3 Å². The first-order chi connectivity index (χ1) is 3.39. The van der Waals surface area contributed by atoms with Gasteiger partial charge >= 0.3 is 0 Å². The van der Waals surface area contributed by atoms with E-state index >= 15 is 0 Å². The van der Waals surface area contributed by atoms with Crippen LogP contribution < -0.4 is 0 Å². The zero-order valence-corrected chi connectivity index (χ0v) is 8.80. The summed E-state index contributed by atoms with van der Waals surface area (Å²) < 4.78 is 0. The van der Waals surface area contributed by atoms with Crippen LogP contribution in [0.15, 0.2) is 30.3 Å². The van der Waals surface area contributed by atoms with Crippen molar-refractivity contribution in [1.29, 1.82) is 0 Å². The molecule has 47 valence electrons. The summed E-state index contributed by atoms with van der Waals surface area (Å²) in [7, 11) is 0. The smallest absolute Gasteiger partial charge is 0 e. The molecule has 1 aromatic rings. The third kappa shape index (κ3) is 4.80. The van der Waals surface area contributed by atoms with E-state index in [4.69, 9.17) is 0 Å². The topological polar surface area (TPSA) is 0 Å². The van der Waals surface area contributed by atoms with Gasteiger partial charge in [0.2, 0.25) is 0 Å². The molecule has 0 aromatic heterocycles. The van der Waals surface area contributed by atoms with E-state index in [0.717, 1.165) is 0 Å². The zero-order valence-electron chi connectivity index (χ0n) is 5.96. The van der Waals surface area contributed by atoms with E-state index in [-0.39, 0.29) is 40.1 Å². The fraction of sp³-hybridized carbons (Fsp3) is 0.125. The second-order valence-electron chi connectivity index (χ2n) is 1.65. The molecule has 0 amide bonds. The molecular weight excluding hydrogens is 185 g/mol. The van der Waals surface area contributed by atoms with Gasteiger partial charge in [0.25, 0.3) is 0 Å². The Hall–Kier alpha value is 0.324. The van der Waals surface area contributed by atoms with Crippen LogP contribution in [0, 0.1) is 14.4 Å². The summed E-state index contributed by atoms with van der Waals surface area (Å²) in [5.74, 6) is 0. The van der Waals surface area contributed by atoms with E-state index in [1.54, 1.807) is 0 Å². The molecule has 0 aliphatic carbocycles. The van der Waals surface area contributed by atoms with Crippen molar-refractivity contribution >= 4 is 0 Å². The van der Waals surface area contributed by atoms with Crippen LogP contribution >= 0.6 is 0 Å². The molecule has 0 N–H and O–H groups in total. The van der Waals surface area contributed by atoms with E-state index in [2.05, 4.69) is 19.1 Å². The average molecular weight is 196 g/mol. The minimum Gasteiger partial charge on any atom is -0.358 e. The Morgan fingerprint density at radius 1 is 1.00 bits per heavy atom. The van der Waals surface area contributed by atoms with E-state index < -0.39 is 0 Å². The first-order valence-electron chi connectivity index (χ1n) is 2.41. The number of rotatable bonds is 0. The fourth-order valence-electron chi connectivity index (χ4n) is 0.534. The Balaban J connectivity index is 0. The van der Waals surface area contributed by atoms with Crippen LogP contribution in [0.2, 0.25) is 0 Å². The molecule has 1 aromatic carbocycles. The SMILES string of the molecule is Cc1ccccc1.[CH3-].[Y]. The van der Waals surface area contributed by atoms with Gasteiger partial charge in [0.05, 0.1) is 0 Å². The van der Waals surface area contributed by atoms with Gasteiger partial charge < -0.3 is 7.43 Å². The standard InChI is InChI=1S/C7H8.CH3.Y/c1-7-5-3-2-4-6-7;;/h2-6H,1H3;1H3;/q;-1;. The van der Waals surface area contributed by atoms with Crippen molar-refractivity contribution in [3.63, 3.8) is 0 Å². The van der Waals surface area contributed by atoms with E-state index in [0.29, 0.717) is 0 Å². The Kier molecular flexibility index (Phi) is 8.62. The van der Waals surface area contributed by atoms with Gasteiger partial charge in [0.15, 0.2) is 0 Å². The van der Waals surface area contributed by atoms with Crippen LogP contribution in [-0.4, -0.2) is 0 Å². The number of hydrogen-bond donors (Lipinski definition) is 0. The number of hydrogen-bond acceptors (Lipinski definition) is 0. The van der Waals surface area contributed by atoms with Gasteiger partial charge in [0, 0.05) is 32.7 Å². The zero-order chi connectivity index (χ0) is 5.11. The first kappa shape index (κ1) is 12.0. The van der Waals surface area contributed by atoms with Crippen molar-refractivity contribution in [2.75, 3.05) is 0 Å². The molecule has 1 heteroatoms. The van der Waals surface area contributed by atoms with Crippen molar-refractivity contribution in [3.8, 4) is 0 Å². The molecule has 9 heavy (non-hydrogen) atoms. The summed E-state index contributed by atoms with van der Waals surface area (Å²) in [6.45, 7) is 2.08. The number of benzene rings is 1. The fourth-order valence-corrected chi connectivity index (χ4v) is 0.534. The molecule has 0 unspecified atom stereocenters. The van der Waals surface area contributed by atoms with Gasteiger partial charge in [-0.05, 0) is 6.92 Å². The van der Waals surface area contributed by atoms with Crippen molar-refractivity contribution < 1.29 is 32.7 Å². The van der Waals surface area contributed by atoms with Crippen LogP contribution in [-0.2, 0) is 32.7 Å². The molecule has 0 saturated heterocycles. The van der Waals surface area contributed by atoms with Crippen LogP contribution in [0.1, 0.15) is 5.56 Å². The molecule has 0 spiro atoms. The Bertz CT molecular complexity index is 134. The summed E-state index contributed by atoms with van der Waals surface area (Å²) in [6, 6.07) is 10.3. The Labute approximate surface area is 82.6 Å². The second kappa shape index (κ2) is 6.44. The molecule has 0 saturated carbocycles. The molecule has 0 fully saturated rings. The third-order valence-electron chi connectivity index (χ3n) is 0.940. The van der Waals surface area contributed by atoms with Gasteiger partial charge in [-0.25, -0.2) is 0 Å². The first-order valence-corrected chi connectivity index (χ1v) is 2.41. The second-order valence-corrected chi connectivity index (χ2v) is 1.65. The molecule has 0 nitrogen and oxygen atoms in total. The van der Waals surface area contributed by atoms with Gasteiger partial charge in [-0.3, -0.25) is 0 Å². The predicted molar refractivity (Wildman–Crippen MR) is 37.6 cm³/mol. The molecule has 0 aliphatic rings. The molecule has 0 atom stereocenters. The molecule has 0 aliphatic heterocycles. The third-order valence-corrected chi connectivity index (χ3v) is 0.940. The monoisotopic (exact) mass is 196 g/mol. The van der Waals surface area contributed by atoms with Gasteiger partial charge in [-0.15, -0.1) is 0 Å². The molecular formula is C8H11Y-. The summed E-state index contributed by atoms with van der Waals surface area (Å²) >= 11 is 0. The van der Waals surface area contributed by atoms with E-state index in [1.807, 2.05) is 18.2 Å². The van der Waals surface area contributed by atoms with Crippen LogP contribution in [0.3, 0.4) is 0 Å². The molecule has 0 bridgehead atoms. The van der Waals surface area contributed by atoms with Gasteiger partial charge in [-0.2, -0.15) is 0 Å². The van der Waals surface area contributed by atoms with Crippen molar-refractivity contribution in [2.24, 2.45) is 0 Å². The van der Waals surface area contributed by atoms with Gasteiger partial charge in [0.1, 0.15) is 0 Å². The number of aryl methyl sites for hydroxylation is 1. The molecule has 0 heterocycles. The maximum Gasteiger partial charge on any atom is 0 e. The quantitative estimate of drug-likeness (QED) is 0.559. The Morgan fingerprint density at radius 2 is 1.44 bits per heavy atom. The summed E-state index contributed by atoms with van der Waals surface area (Å²) in [4.78, 5) is 0. The average Bonchev–Trinajstić information content (AvgIpc) is 1.69. The predicted octanol–water partition coefficient (Wildman–Crippen LogP) is 2.44. The summed E-state index contributed by atoms with van der Waals surface area (Å²) in [5, 5.41) is 0. The van der Waals surface area contributed by atoms with Crippen LogP contribution in [0.4, 0.5) is 0 Å². The maximum atomic E-state index is 2.08. The minimum atomic E-state index is 0. The largest absolute Gasteiger partial charge is 0.358 e. The van der Waals surface area contributed by atoms with Crippen molar-refractivity contribution in [1.82, 2.24) is 0 Å². The normalized spacial score (nSPS) is 6.78. The maximum absolute atomic E-state index is 2.08. The summed E-state index contributed by atoms with van der Waals surface area (Å²) in [5.41, 5.74) is 1.32. The van der Waals surface area contributed by atoms with E-state index in [9.17, 15) is 0 Å². The Morgan fingerprint density at radius 3 is 1.67 bits per heavy atom. The molecule has 1 radical (unpaired) electrons. The van der Waals surface area contributed by atoms with Crippen molar-refractivity contribution in [2.45, 2.75) is 6.92 Å².